The van der Waals surface area contributed by atoms with Gasteiger partial charge >= 0.3 is 11.9 Å². The Morgan fingerprint density at radius 1 is 1.00 bits per heavy atom. The monoisotopic (exact) mass is 480 g/mol. The van der Waals surface area contributed by atoms with Crippen molar-refractivity contribution in [3.63, 3.8) is 0 Å². The van der Waals surface area contributed by atoms with E-state index in [-0.39, 0.29) is 17.9 Å². The Morgan fingerprint density at radius 2 is 1.66 bits per heavy atom. The van der Waals surface area contributed by atoms with E-state index in [0.717, 1.165) is 5.56 Å². The van der Waals surface area contributed by atoms with Crippen molar-refractivity contribution in [2.75, 3.05) is 13.7 Å². The molecule has 1 heterocycles. The van der Waals surface area contributed by atoms with Crippen LogP contribution in [0.4, 0.5) is 0 Å². The molecule has 0 saturated carbocycles. The normalized spacial score (nSPS) is 11.2. The maximum absolute atomic E-state index is 12.8. The summed E-state index contributed by atoms with van der Waals surface area (Å²) in [6.45, 7) is 6.91. The molecule has 184 valence electrons. The predicted octanol–water partition coefficient (Wildman–Crippen LogP) is 3.17. The summed E-state index contributed by atoms with van der Waals surface area (Å²) in [5, 5.41) is 0.378. The summed E-state index contributed by atoms with van der Waals surface area (Å²) in [5.74, 6) is -2.72. The van der Waals surface area contributed by atoms with Crippen molar-refractivity contribution >= 4 is 34.5 Å². The largest absolute Gasteiger partial charge is 0.481 e. The third-order valence-corrected chi connectivity index (χ3v) is 5.24. The quantitative estimate of drug-likeness (QED) is 0.298. The number of benzene rings is 2. The fourth-order valence-electron chi connectivity index (χ4n) is 3.77. The molecule has 2 aromatic carbocycles. The summed E-state index contributed by atoms with van der Waals surface area (Å²) in [6.07, 6.45) is 0. The van der Waals surface area contributed by atoms with E-state index in [1.54, 1.807) is 70.2 Å². The van der Waals surface area contributed by atoms with Crippen LogP contribution < -0.4 is 10.5 Å². The Kier molecular flexibility index (Phi) is 7.28. The molecule has 9 nitrogen and oxygen atoms in total. The van der Waals surface area contributed by atoms with Crippen LogP contribution in [0.3, 0.4) is 0 Å². The molecular weight excluding hydrogens is 452 g/mol. The highest BCUT2D eigenvalue weighted by atomic mass is 16.6. The highest BCUT2D eigenvalue weighted by Crippen LogP contribution is 2.34. The van der Waals surface area contributed by atoms with Crippen LogP contribution in [-0.2, 0) is 25.6 Å². The number of fused-ring (bicyclic) bond motifs is 1. The minimum Gasteiger partial charge on any atom is -0.481 e. The number of carbonyl (C=O) groups is 4. The van der Waals surface area contributed by atoms with Crippen LogP contribution >= 0.6 is 0 Å². The molecule has 0 spiro atoms. The van der Waals surface area contributed by atoms with Crippen LogP contribution in [-0.4, -0.2) is 47.5 Å². The van der Waals surface area contributed by atoms with Gasteiger partial charge in [0.2, 0.25) is 0 Å². The Hall–Kier alpha value is -4.14. The molecule has 3 aromatic rings. The summed E-state index contributed by atoms with van der Waals surface area (Å²) in [6, 6.07) is 12.0. The lowest BCUT2D eigenvalue weighted by Gasteiger charge is -2.19. The van der Waals surface area contributed by atoms with E-state index in [1.165, 1.54) is 7.11 Å². The average Bonchev–Trinajstić information content (AvgIpc) is 3.07. The minimum atomic E-state index is -1.10. The van der Waals surface area contributed by atoms with E-state index < -0.39 is 29.2 Å². The topological polar surface area (TPSA) is 127 Å². The van der Waals surface area contributed by atoms with Crippen molar-refractivity contribution in [1.82, 2.24) is 4.57 Å². The van der Waals surface area contributed by atoms with Gasteiger partial charge in [-0.3, -0.25) is 9.59 Å². The molecule has 3 rings (SSSR count). The molecule has 0 aliphatic carbocycles. The number of methoxy groups -OCH3 is 1. The summed E-state index contributed by atoms with van der Waals surface area (Å²) in [4.78, 5) is 48.5. The van der Waals surface area contributed by atoms with Crippen LogP contribution in [0, 0.1) is 6.92 Å². The number of nitrogens with two attached hydrogens (primary N) is 1. The van der Waals surface area contributed by atoms with Crippen LogP contribution in [0.25, 0.3) is 10.9 Å². The second-order valence-corrected chi connectivity index (χ2v) is 8.95. The summed E-state index contributed by atoms with van der Waals surface area (Å²) in [7, 11) is 1.31. The first-order valence-corrected chi connectivity index (χ1v) is 10.9. The van der Waals surface area contributed by atoms with Gasteiger partial charge in [0.25, 0.3) is 11.7 Å². The molecule has 0 atom stereocenters. The Labute approximate surface area is 202 Å². The lowest BCUT2D eigenvalue weighted by molar-refractivity contribution is -0.157. The van der Waals surface area contributed by atoms with Crippen molar-refractivity contribution in [3.8, 4) is 5.75 Å². The molecule has 1 aromatic heterocycles. The number of esters is 2. The van der Waals surface area contributed by atoms with E-state index in [0.29, 0.717) is 28.7 Å². The molecule has 0 unspecified atom stereocenters. The van der Waals surface area contributed by atoms with Gasteiger partial charge in [-0.15, -0.1) is 0 Å². The third-order valence-electron chi connectivity index (χ3n) is 5.24. The van der Waals surface area contributed by atoms with Crippen molar-refractivity contribution < 1.29 is 33.4 Å². The van der Waals surface area contributed by atoms with E-state index in [1.807, 2.05) is 4.57 Å². The number of rotatable bonds is 8. The molecule has 0 fully saturated rings. The summed E-state index contributed by atoms with van der Waals surface area (Å²) >= 11 is 0. The third kappa shape index (κ3) is 5.68. The Bertz CT molecular complexity index is 1300. The molecule has 9 heteroatoms. The lowest BCUT2D eigenvalue weighted by atomic mass is 10.1. The highest BCUT2D eigenvalue weighted by molar-refractivity contribution is 6.45. The lowest BCUT2D eigenvalue weighted by Crippen LogP contribution is -2.27. The van der Waals surface area contributed by atoms with Gasteiger partial charge in [-0.25, -0.2) is 9.59 Å². The maximum atomic E-state index is 12.8. The van der Waals surface area contributed by atoms with Gasteiger partial charge in [0.1, 0.15) is 11.4 Å². The molecule has 35 heavy (non-hydrogen) atoms. The summed E-state index contributed by atoms with van der Waals surface area (Å²) < 4.78 is 17.6. The highest BCUT2D eigenvalue weighted by Gasteiger charge is 2.26. The fraction of sp³-hybridized carbons (Fsp3) is 0.308. The van der Waals surface area contributed by atoms with Gasteiger partial charge in [0.05, 0.1) is 29.1 Å². The van der Waals surface area contributed by atoms with E-state index in [9.17, 15) is 19.2 Å². The number of aromatic nitrogens is 1. The molecule has 0 radical (unpaired) electrons. The number of amides is 1. The van der Waals surface area contributed by atoms with Gasteiger partial charge in [0, 0.05) is 12.2 Å². The molecule has 2 N–H and O–H groups in total. The van der Waals surface area contributed by atoms with E-state index >= 15 is 0 Å². The van der Waals surface area contributed by atoms with Crippen molar-refractivity contribution in [3.05, 3.63) is 64.8 Å². The number of carbonyl (C=O) groups excluding carboxylic acids is 4. The van der Waals surface area contributed by atoms with Crippen molar-refractivity contribution in [2.45, 2.75) is 39.8 Å². The zero-order chi connectivity index (χ0) is 25.9. The zero-order valence-electron chi connectivity index (χ0n) is 20.3. The Balaban J connectivity index is 2.05. The molecule has 0 aliphatic rings. The number of Topliss-reactive ketones (excluding diaryl/α,β-unsaturated/α-hetero) is 1. The second-order valence-electron chi connectivity index (χ2n) is 8.95. The molecule has 0 aliphatic heterocycles. The number of hydrogen-bond acceptors (Lipinski definition) is 7. The van der Waals surface area contributed by atoms with Gasteiger partial charge < -0.3 is 24.5 Å². The average molecular weight is 481 g/mol. The molecule has 0 saturated heterocycles. The second kappa shape index (κ2) is 10.0. The first-order valence-electron chi connectivity index (χ1n) is 10.9. The first-order chi connectivity index (χ1) is 16.4. The molecule has 1 amide bonds. The number of ether oxygens (including phenoxy) is 3. The van der Waals surface area contributed by atoms with Crippen LogP contribution in [0.1, 0.15) is 52.7 Å². The van der Waals surface area contributed by atoms with Gasteiger partial charge in [-0.05, 0) is 57.5 Å². The fourth-order valence-corrected chi connectivity index (χ4v) is 3.77. The van der Waals surface area contributed by atoms with Crippen LogP contribution in [0.15, 0.2) is 42.5 Å². The zero-order valence-corrected chi connectivity index (χ0v) is 20.3. The Morgan fingerprint density at radius 3 is 2.23 bits per heavy atom. The molecular formula is C26H28N2O7. The van der Waals surface area contributed by atoms with Gasteiger partial charge in [-0.1, -0.05) is 18.2 Å². The molecule has 0 bridgehead atoms. The number of ketones is 1. The van der Waals surface area contributed by atoms with E-state index in [2.05, 4.69) is 0 Å². The van der Waals surface area contributed by atoms with Gasteiger partial charge in [-0.2, -0.15) is 0 Å². The SMILES string of the molecule is COC(=O)c1ccc(Cn2c(C)c(C(=O)C(N)=O)c3c(OCC(=O)OC(C)(C)C)cccc32)cc1. The minimum absolute atomic E-state index is 0.110. The van der Waals surface area contributed by atoms with Gasteiger partial charge in [0.15, 0.2) is 6.61 Å². The van der Waals surface area contributed by atoms with E-state index in [4.69, 9.17) is 19.9 Å². The maximum Gasteiger partial charge on any atom is 0.344 e. The van der Waals surface area contributed by atoms with Crippen molar-refractivity contribution in [1.29, 1.82) is 0 Å². The van der Waals surface area contributed by atoms with Crippen LogP contribution in [0.2, 0.25) is 0 Å². The summed E-state index contributed by atoms with van der Waals surface area (Å²) in [5.41, 5.74) is 7.14. The number of nitrogens with zero attached hydrogens (tertiary/aromatic N) is 1. The smallest absolute Gasteiger partial charge is 0.344 e. The van der Waals surface area contributed by atoms with Crippen molar-refractivity contribution in [2.24, 2.45) is 5.73 Å². The number of primary amides is 1. The predicted molar refractivity (Wildman–Crippen MR) is 128 cm³/mol. The first kappa shape index (κ1) is 25.5. The standard InChI is InChI=1S/C26H28N2O7/c1-15-21(23(30)24(27)31)22-18(7-6-8-19(22)34-14-20(29)35-26(2,3)4)28(15)13-16-9-11-17(12-10-16)25(32)33-5/h6-12H,13-14H2,1-5H3,(H2,27,31). The van der Waals surface area contributed by atoms with Crippen LogP contribution in [0.5, 0.6) is 5.75 Å². The number of hydrogen-bond donors (Lipinski definition) is 1.